The number of ether oxygens (including phenoxy) is 2. The number of rotatable bonds is 2. The third-order valence-corrected chi connectivity index (χ3v) is 3.12. The molecule has 0 amide bonds. The lowest BCUT2D eigenvalue weighted by atomic mass is 9.83. The van der Waals surface area contributed by atoms with Crippen molar-refractivity contribution < 1.29 is 14.6 Å². The van der Waals surface area contributed by atoms with Gasteiger partial charge in [0.05, 0.1) is 13.2 Å². The van der Waals surface area contributed by atoms with Gasteiger partial charge in [0.15, 0.2) is 5.79 Å². The molecule has 0 aromatic heterocycles. The van der Waals surface area contributed by atoms with Crippen molar-refractivity contribution in [2.75, 3.05) is 19.8 Å². The van der Waals surface area contributed by atoms with Crippen LogP contribution in [0.15, 0.2) is 0 Å². The molecule has 76 valence electrons. The van der Waals surface area contributed by atoms with Gasteiger partial charge in [-0.1, -0.05) is 0 Å². The van der Waals surface area contributed by atoms with E-state index in [2.05, 4.69) is 0 Å². The van der Waals surface area contributed by atoms with E-state index >= 15 is 0 Å². The zero-order valence-corrected chi connectivity index (χ0v) is 8.00. The van der Waals surface area contributed by atoms with E-state index in [0.29, 0.717) is 12.5 Å². The first-order chi connectivity index (χ1) is 6.35. The molecule has 2 aliphatic rings. The Morgan fingerprint density at radius 3 is 2.77 bits per heavy atom. The molecule has 0 unspecified atom stereocenters. The topological polar surface area (TPSA) is 38.7 Å². The molecule has 1 saturated heterocycles. The molecule has 2 rings (SSSR count). The quantitative estimate of drug-likeness (QED) is 0.706. The number of hydrogen-bond acceptors (Lipinski definition) is 3. The highest BCUT2D eigenvalue weighted by molar-refractivity contribution is 4.83. The van der Waals surface area contributed by atoms with E-state index in [-0.39, 0.29) is 5.79 Å². The van der Waals surface area contributed by atoms with Crippen LogP contribution in [0.25, 0.3) is 0 Å². The summed E-state index contributed by atoms with van der Waals surface area (Å²) in [7, 11) is 0. The lowest BCUT2D eigenvalue weighted by molar-refractivity contribution is -0.187. The van der Waals surface area contributed by atoms with E-state index in [4.69, 9.17) is 14.6 Å². The fourth-order valence-electron chi connectivity index (χ4n) is 2.49. The van der Waals surface area contributed by atoms with Gasteiger partial charge in [0.25, 0.3) is 0 Å². The fourth-order valence-corrected chi connectivity index (χ4v) is 2.49. The maximum Gasteiger partial charge on any atom is 0.168 e. The van der Waals surface area contributed by atoms with Crippen LogP contribution in [0.4, 0.5) is 0 Å². The smallest absolute Gasteiger partial charge is 0.168 e. The lowest BCUT2D eigenvalue weighted by Gasteiger charge is -2.35. The average Bonchev–Trinajstić information content (AvgIpc) is 2.54. The summed E-state index contributed by atoms with van der Waals surface area (Å²) in [5.41, 5.74) is 0. The predicted molar refractivity (Wildman–Crippen MR) is 48.3 cm³/mol. The van der Waals surface area contributed by atoms with Crippen molar-refractivity contribution >= 4 is 0 Å². The molecule has 13 heavy (non-hydrogen) atoms. The number of aliphatic hydroxyl groups excluding tert-OH is 1. The summed E-state index contributed by atoms with van der Waals surface area (Å²) in [6.07, 6.45) is 5.30. The van der Waals surface area contributed by atoms with Gasteiger partial charge in [-0.15, -0.1) is 0 Å². The normalized spacial score (nSPS) is 32.5. The highest BCUT2D eigenvalue weighted by atomic mass is 16.7. The van der Waals surface area contributed by atoms with Crippen molar-refractivity contribution in [1.29, 1.82) is 0 Å². The van der Waals surface area contributed by atoms with Crippen molar-refractivity contribution in [3.8, 4) is 0 Å². The van der Waals surface area contributed by atoms with Crippen LogP contribution in [-0.2, 0) is 9.47 Å². The Labute approximate surface area is 79.0 Å². The molecule has 3 heteroatoms. The first kappa shape index (κ1) is 9.44. The summed E-state index contributed by atoms with van der Waals surface area (Å²) in [6.45, 7) is 1.78. The first-order valence-corrected chi connectivity index (χ1v) is 5.23. The van der Waals surface area contributed by atoms with Crippen molar-refractivity contribution in [3.63, 3.8) is 0 Å². The zero-order valence-electron chi connectivity index (χ0n) is 8.00. The van der Waals surface area contributed by atoms with E-state index in [1.165, 1.54) is 12.8 Å². The maximum absolute atomic E-state index is 8.87. The SMILES string of the molecule is OCC[C@@H]1CCCC2(C1)OCCO2. The minimum Gasteiger partial charge on any atom is -0.396 e. The summed E-state index contributed by atoms with van der Waals surface area (Å²) in [5.74, 6) is 0.329. The Balaban J connectivity index is 1.90. The Kier molecular flexibility index (Phi) is 2.86. The summed E-state index contributed by atoms with van der Waals surface area (Å²) in [4.78, 5) is 0. The third-order valence-electron chi connectivity index (χ3n) is 3.12. The molecule has 0 aromatic carbocycles. The second kappa shape index (κ2) is 3.95. The molecule has 1 heterocycles. The maximum atomic E-state index is 8.87. The van der Waals surface area contributed by atoms with Gasteiger partial charge in [-0.05, 0) is 25.2 Å². The van der Waals surface area contributed by atoms with Crippen molar-refractivity contribution in [3.05, 3.63) is 0 Å². The molecule has 1 atom stereocenters. The van der Waals surface area contributed by atoms with Crippen LogP contribution in [0, 0.1) is 5.92 Å². The largest absolute Gasteiger partial charge is 0.396 e. The molecular formula is C10H18O3. The average molecular weight is 186 g/mol. The van der Waals surface area contributed by atoms with E-state index in [0.717, 1.165) is 32.5 Å². The molecule has 1 saturated carbocycles. The second-order valence-electron chi connectivity index (χ2n) is 4.08. The molecule has 1 aliphatic carbocycles. The minimum absolute atomic E-state index is 0.266. The van der Waals surface area contributed by atoms with Gasteiger partial charge in [-0.25, -0.2) is 0 Å². The van der Waals surface area contributed by atoms with Crippen molar-refractivity contribution in [2.24, 2.45) is 5.92 Å². The monoisotopic (exact) mass is 186 g/mol. The molecule has 1 spiro atoms. The highest BCUT2D eigenvalue weighted by Gasteiger charge is 2.40. The van der Waals surface area contributed by atoms with Gasteiger partial charge in [0.1, 0.15) is 0 Å². The van der Waals surface area contributed by atoms with Gasteiger partial charge in [-0.3, -0.25) is 0 Å². The van der Waals surface area contributed by atoms with Crippen LogP contribution in [0.3, 0.4) is 0 Å². The van der Waals surface area contributed by atoms with Crippen LogP contribution < -0.4 is 0 Å². The van der Waals surface area contributed by atoms with Gasteiger partial charge in [0, 0.05) is 19.4 Å². The summed E-state index contributed by atoms with van der Waals surface area (Å²) >= 11 is 0. The Morgan fingerprint density at radius 2 is 2.08 bits per heavy atom. The fraction of sp³-hybridized carbons (Fsp3) is 1.00. The summed E-state index contributed by atoms with van der Waals surface area (Å²) in [6, 6.07) is 0. The first-order valence-electron chi connectivity index (χ1n) is 5.23. The van der Waals surface area contributed by atoms with Crippen LogP contribution in [0.1, 0.15) is 32.1 Å². The summed E-state index contributed by atoms with van der Waals surface area (Å²) < 4.78 is 11.3. The van der Waals surface area contributed by atoms with Crippen LogP contribution in [0.2, 0.25) is 0 Å². The molecule has 1 aliphatic heterocycles. The van der Waals surface area contributed by atoms with E-state index in [1.54, 1.807) is 0 Å². The highest BCUT2D eigenvalue weighted by Crippen LogP contribution is 2.39. The van der Waals surface area contributed by atoms with E-state index in [1.807, 2.05) is 0 Å². The van der Waals surface area contributed by atoms with E-state index < -0.39 is 0 Å². The Hall–Kier alpha value is -0.120. The van der Waals surface area contributed by atoms with Gasteiger partial charge in [-0.2, -0.15) is 0 Å². The van der Waals surface area contributed by atoms with Gasteiger partial charge >= 0.3 is 0 Å². The molecule has 0 aromatic rings. The number of hydrogen-bond donors (Lipinski definition) is 1. The van der Waals surface area contributed by atoms with Gasteiger partial charge in [0.2, 0.25) is 0 Å². The van der Waals surface area contributed by atoms with Gasteiger partial charge < -0.3 is 14.6 Å². The van der Waals surface area contributed by atoms with Crippen LogP contribution >= 0.6 is 0 Å². The molecule has 0 bridgehead atoms. The van der Waals surface area contributed by atoms with Crippen LogP contribution in [-0.4, -0.2) is 30.7 Å². The molecule has 2 fully saturated rings. The molecule has 3 nitrogen and oxygen atoms in total. The summed E-state index contributed by atoms with van der Waals surface area (Å²) in [5, 5.41) is 8.87. The number of aliphatic hydroxyl groups is 1. The predicted octanol–water partition coefficient (Wildman–Crippen LogP) is 1.30. The third kappa shape index (κ3) is 2.03. The Bertz CT molecular complexity index is 162. The zero-order chi connectivity index (χ0) is 9.15. The molecular weight excluding hydrogens is 168 g/mol. The lowest BCUT2D eigenvalue weighted by Crippen LogP contribution is -2.36. The minimum atomic E-state index is -0.266. The van der Waals surface area contributed by atoms with Crippen molar-refractivity contribution in [1.82, 2.24) is 0 Å². The van der Waals surface area contributed by atoms with Crippen LogP contribution in [0.5, 0.6) is 0 Å². The second-order valence-corrected chi connectivity index (χ2v) is 4.08. The Morgan fingerprint density at radius 1 is 1.31 bits per heavy atom. The molecule has 0 radical (unpaired) electrons. The van der Waals surface area contributed by atoms with E-state index in [9.17, 15) is 0 Å². The molecule has 1 N–H and O–H groups in total. The van der Waals surface area contributed by atoms with Crippen molar-refractivity contribution in [2.45, 2.75) is 37.9 Å². The standard InChI is InChI=1S/C10H18O3/c11-5-3-9-2-1-4-10(8-9)12-6-7-13-10/h9,11H,1-8H2/t9-/m0/s1.